The number of ketones is 1. The van der Waals surface area contributed by atoms with Crippen LogP contribution in [0.15, 0.2) is 36.4 Å². The Kier molecular flexibility index (Phi) is 5.02. The number of fused-ring (bicyclic) bond motifs is 1. The van der Waals surface area contributed by atoms with Crippen LogP contribution in [0.5, 0.6) is 17.2 Å². The Balaban J connectivity index is 1.75. The van der Waals surface area contributed by atoms with Crippen molar-refractivity contribution in [1.29, 1.82) is 0 Å². The summed E-state index contributed by atoms with van der Waals surface area (Å²) in [6.45, 7) is 3.33. The monoisotopic (exact) mass is 382 g/mol. The molecule has 0 amide bonds. The molecule has 1 unspecified atom stereocenters. The van der Waals surface area contributed by atoms with E-state index in [4.69, 9.17) is 18.9 Å². The smallest absolute Gasteiger partial charge is 0.173 e. The Morgan fingerprint density at radius 3 is 2.36 bits per heavy atom. The fraction of sp³-hybridized carbons (Fsp3) is 0.435. The van der Waals surface area contributed by atoms with Crippen LogP contribution in [0.25, 0.3) is 11.1 Å². The van der Waals surface area contributed by atoms with Crippen molar-refractivity contribution in [3.05, 3.63) is 42.0 Å². The van der Waals surface area contributed by atoms with Gasteiger partial charge in [0.25, 0.3) is 0 Å². The number of carbonyl (C=O) groups excluding carboxylic acids is 1. The summed E-state index contributed by atoms with van der Waals surface area (Å²) >= 11 is 0. The predicted molar refractivity (Wildman–Crippen MR) is 107 cm³/mol. The molecule has 2 aliphatic rings. The van der Waals surface area contributed by atoms with Gasteiger partial charge < -0.3 is 18.9 Å². The molecule has 5 heteroatoms. The highest BCUT2D eigenvalue weighted by Crippen LogP contribution is 2.45. The Labute approximate surface area is 165 Å². The molecule has 1 fully saturated rings. The largest absolute Gasteiger partial charge is 0.493 e. The average molecular weight is 382 g/mol. The van der Waals surface area contributed by atoms with E-state index in [2.05, 4.69) is 6.92 Å². The van der Waals surface area contributed by atoms with Crippen molar-refractivity contribution < 1.29 is 23.7 Å². The van der Waals surface area contributed by atoms with Crippen molar-refractivity contribution in [2.24, 2.45) is 5.92 Å². The van der Waals surface area contributed by atoms with E-state index >= 15 is 0 Å². The molecule has 1 spiro atoms. The van der Waals surface area contributed by atoms with E-state index in [-0.39, 0.29) is 11.7 Å². The first-order valence-electron chi connectivity index (χ1n) is 9.79. The molecule has 0 aromatic heterocycles. The van der Waals surface area contributed by atoms with E-state index in [0.29, 0.717) is 36.0 Å². The highest BCUT2D eigenvalue weighted by molar-refractivity contribution is 6.02. The summed E-state index contributed by atoms with van der Waals surface area (Å²) in [7, 11) is 3.24. The highest BCUT2D eigenvalue weighted by atomic mass is 16.5. The fourth-order valence-electron chi connectivity index (χ4n) is 4.45. The van der Waals surface area contributed by atoms with E-state index < -0.39 is 5.60 Å². The van der Waals surface area contributed by atoms with Gasteiger partial charge in [-0.3, -0.25) is 4.79 Å². The summed E-state index contributed by atoms with van der Waals surface area (Å²) in [5.41, 5.74) is 2.18. The zero-order valence-corrected chi connectivity index (χ0v) is 16.6. The van der Waals surface area contributed by atoms with Gasteiger partial charge in [-0.1, -0.05) is 19.1 Å². The van der Waals surface area contributed by atoms with Gasteiger partial charge in [-0.25, -0.2) is 0 Å². The number of methoxy groups -OCH3 is 2. The first-order chi connectivity index (χ1) is 13.6. The molecule has 0 saturated carbocycles. The number of Topliss-reactive ketones (excluding diaryl/α,β-unsaturated/α-hetero) is 1. The zero-order chi connectivity index (χ0) is 19.7. The van der Waals surface area contributed by atoms with Gasteiger partial charge >= 0.3 is 0 Å². The molecule has 2 aromatic rings. The minimum Gasteiger partial charge on any atom is -0.493 e. The quantitative estimate of drug-likeness (QED) is 0.778. The lowest BCUT2D eigenvalue weighted by molar-refractivity contribution is -0.0784. The minimum absolute atomic E-state index is 0.115. The zero-order valence-electron chi connectivity index (χ0n) is 16.6. The van der Waals surface area contributed by atoms with Crippen LogP contribution < -0.4 is 14.2 Å². The number of hydrogen-bond acceptors (Lipinski definition) is 5. The second kappa shape index (κ2) is 7.47. The average Bonchev–Trinajstić information content (AvgIpc) is 2.73. The second-order valence-electron chi connectivity index (χ2n) is 7.38. The Morgan fingerprint density at radius 1 is 1.00 bits per heavy atom. The van der Waals surface area contributed by atoms with Crippen LogP contribution in [0.2, 0.25) is 0 Å². The number of hydrogen-bond donors (Lipinski definition) is 0. The van der Waals surface area contributed by atoms with Crippen molar-refractivity contribution in [2.45, 2.75) is 31.8 Å². The highest BCUT2D eigenvalue weighted by Gasteiger charge is 2.49. The second-order valence-corrected chi connectivity index (χ2v) is 7.38. The molecule has 0 radical (unpaired) electrons. The fourth-order valence-corrected chi connectivity index (χ4v) is 4.45. The van der Waals surface area contributed by atoms with Crippen molar-refractivity contribution in [1.82, 2.24) is 0 Å². The summed E-state index contributed by atoms with van der Waals surface area (Å²) in [5.74, 6) is 2.09. The van der Waals surface area contributed by atoms with E-state index in [1.165, 1.54) is 0 Å². The Bertz CT molecular complexity index is 883. The number of carbonyl (C=O) groups is 1. The van der Waals surface area contributed by atoms with Crippen molar-refractivity contribution in [2.75, 3.05) is 27.4 Å². The lowest BCUT2D eigenvalue weighted by Crippen LogP contribution is -2.53. The molecule has 1 atom stereocenters. The number of benzene rings is 2. The molecular weight excluding hydrogens is 356 g/mol. The maximum Gasteiger partial charge on any atom is 0.173 e. The van der Waals surface area contributed by atoms with Gasteiger partial charge in [-0.2, -0.15) is 0 Å². The maximum absolute atomic E-state index is 13.2. The van der Waals surface area contributed by atoms with Gasteiger partial charge in [0.1, 0.15) is 11.4 Å². The normalized spacial score (nSPS) is 20.4. The van der Waals surface area contributed by atoms with Gasteiger partial charge in [0.05, 0.1) is 38.9 Å². The van der Waals surface area contributed by atoms with Crippen LogP contribution in [0.3, 0.4) is 0 Å². The summed E-state index contributed by atoms with van der Waals surface area (Å²) in [6.07, 6.45) is 2.27. The van der Waals surface area contributed by atoms with Crippen LogP contribution in [-0.4, -0.2) is 38.8 Å². The molecule has 1 saturated heterocycles. The summed E-state index contributed by atoms with van der Waals surface area (Å²) < 4.78 is 22.8. The molecule has 0 N–H and O–H groups in total. The molecule has 28 heavy (non-hydrogen) atoms. The minimum atomic E-state index is -0.451. The van der Waals surface area contributed by atoms with Crippen LogP contribution >= 0.6 is 0 Å². The van der Waals surface area contributed by atoms with Crippen LogP contribution in [0, 0.1) is 5.92 Å². The molecule has 0 aliphatic carbocycles. The SMILES string of the molecule is CCC1C(=O)c2ccc(-c3ccc(OC)c(OC)c3)cc2OC12CCOCC2. The number of rotatable bonds is 4. The van der Waals surface area contributed by atoms with Crippen LogP contribution in [-0.2, 0) is 4.74 Å². The molecule has 5 nitrogen and oxygen atoms in total. The van der Waals surface area contributed by atoms with E-state index in [0.717, 1.165) is 30.4 Å². The summed E-state index contributed by atoms with van der Waals surface area (Å²) in [6, 6.07) is 11.6. The third kappa shape index (κ3) is 3.04. The molecule has 2 heterocycles. The topological polar surface area (TPSA) is 54.0 Å². The maximum atomic E-state index is 13.2. The molecule has 148 valence electrons. The van der Waals surface area contributed by atoms with E-state index in [1.807, 2.05) is 36.4 Å². The molecule has 2 aliphatic heterocycles. The molecule has 2 aromatic carbocycles. The van der Waals surface area contributed by atoms with Gasteiger partial charge in [0.15, 0.2) is 17.3 Å². The van der Waals surface area contributed by atoms with E-state index in [9.17, 15) is 4.79 Å². The van der Waals surface area contributed by atoms with Gasteiger partial charge in [0, 0.05) is 12.8 Å². The van der Waals surface area contributed by atoms with Gasteiger partial charge in [-0.05, 0) is 41.8 Å². The van der Waals surface area contributed by atoms with Crippen molar-refractivity contribution in [3.8, 4) is 28.4 Å². The molecule has 0 bridgehead atoms. The molecule has 4 rings (SSSR count). The predicted octanol–water partition coefficient (Wildman–Crippen LogP) is 4.52. The Hall–Kier alpha value is -2.53. The lowest BCUT2D eigenvalue weighted by Gasteiger charge is -2.45. The van der Waals surface area contributed by atoms with Crippen molar-refractivity contribution in [3.63, 3.8) is 0 Å². The van der Waals surface area contributed by atoms with Crippen LogP contribution in [0.4, 0.5) is 0 Å². The summed E-state index contributed by atoms with van der Waals surface area (Å²) in [4.78, 5) is 13.2. The third-order valence-corrected chi connectivity index (χ3v) is 5.98. The summed E-state index contributed by atoms with van der Waals surface area (Å²) in [5, 5.41) is 0. The van der Waals surface area contributed by atoms with Crippen LogP contribution in [0.1, 0.15) is 36.5 Å². The lowest BCUT2D eigenvalue weighted by atomic mass is 9.73. The first-order valence-corrected chi connectivity index (χ1v) is 9.79. The Morgan fingerprint density at radius 2 is 1.68 bits per heavy atom. The number of ether oxygens (including phenoxy) is 4. The molecular formula is C23H26O5. The first kappa shape index (κ1) is 18.8. The van der Waals surface area contributed by atoms with E-state index in [1.54, 1.807) is 14.2 Å². The van der Waals surface area contributed by atoms with Crippen molar-refractivity contribution >= 4 is 5.78 Å². The van der Waals surface area contributed by atoms with Gasteiger partial charge in [0.2, 0.25) is 0 Å². The van der Waals surface area contributed by atoms with Gasteiger partial charge in [-0.15, -0.1) is 0 Å². The standard InChI is InChI=1S/C23H26O5/c1-4-18-22(24)17-7-5-15(16-6-8-19(25-2)21(14-16)26-3)13-20(17)28-23(18)9-11-27-12-10-23/h5-8,13-14,18H,4,9-12H2,1-3H3. The third-order valence-electron chi connectivity index (χ3n) is 5.98.